The van der Waals surface area contributed by atoms with Gasteiger partial charge in [0.15, 0.2) is 0 Å². The normalized spacial score (nSPS) is 32.6. The molecule has 2 rings (SSSR count). The fourth-order valence-electron chi connectivity index (χ4n) is 3.69. The molecular formula is C15H26N2O2. The van der Waals surface area contributed by atoms with Gasteiger partial charge < -0.3 is 10.2 Å². The molecule has 19 heavy (non-hydrogen) atoms. The molecule has 0 aromatic rings. The minimum atomic E-state index is -0.279. The van der Waals surface area contributed by atoms with Gasteiger partial charge in [0.2, 0.25) is 11.8 Å². The summed E-state index contributed by atoms with van der Waals surface area (Å²) in [4.78, 5) is 26.4. The molecule has 2 amide bonds. The molecule has 1 saturated heterocycles. The predicted molar refractivity (Wildman–Crippen MR) is 74.5 cm³/mol. The summed E-state index contributed by atoms with van der Waals surface area (Å²) in [6.45, 7) is 6.43. The van der Waals surface area contributed by atoms with Crippen LogP contribution in [0.4, 0.5) is 0 Å². The van der Waals surface area contributed by atoms with Gasteiger partial charge in [0.05, 0.1) is 6.54 Å². The molecule has 108 valence electrons. The summed E-state index contributed by atoms with van der Waals surface area (Å²) in [5.41, 5.74) is 0. The monoisotopic (exact) mass is 266 g/mol. The van der Waals surface area contributed by atoms with Gasteiger partial charge >= 0.3 is 0 Å². The molecule has 4 nitrogen and oxygen atoms in total. The number of nitrogens with one attached hydrogen (secondary N) is 1. The highest BCUT2D eigenvalue weighted by molar-refractivity contribution is 5.95. The van der Waals surface area contributed by atoms with Crippen LogP contribution in [0.5, 0.6) is 0 Å². The van der Waals surface area contributed by atoms with Gasteiger partial charge in [-0.3, -0.25) is 9.59 Å². The van der Waals surface area contributed by atoms with Crippen LogP contribution in [-0.4, -0.2) is 35.3 Å². The number of carbonyl (C=O) groups excluding carboxylic acids is 2. The van der Waals surface area contributed by atoms with Crippen LogP contribution < -0.4 is 5.32 Å². The zero-order chi connectivity index (χ0) is 14.0. The largest absolute Gasteiger partial charge is 0.345 e. The summed E-state index contributed by atoms with van der Waals surface area (Å²) in [5.74, 6) is 0.854. The summed E-state index contributed by atoms with van der Waals surface area (Å²) in [6.07, 6.45) is 5.78. The molecule has 0 aromatic heterocycles. The SMILES string of the molecule is CCC1CCCCC1N1C(=O)CNC(=O)C1C(C)C. The molecule has 0 aromatic carbocycles. The Kier molecular flexibility index (Phi) is 4.48. The third kappa shape index (κ3) is 2.77. The van der Waals surface area contributed by atoms with Crippen LogP contribution in [0.1, 0.15) is 52.9 Å². The zero-order valence-corrected chi connectivity index (χ0v) is 12.3. The Labute approximate surface area is 115 Å². The molecule has 1 heterocycles. The van der Waals surface area contributed by atoms with Crippen LogP contribution in [0, 0.1) is 11.8 Å². The molecule has 1 saturated carbocycles. The van der Waals surface area contributed by atoms with Crippen molar-refractivity contribution in [3.63, 3.8) is 0 Å². The van der Waals surface area contributed by atoms with Gasteiger partial charge in [-0.25, -0.2) is 0 Å². The molecule has 2 aliphatic rings. The Morgan fingerprint density at radius 3 is 2.58 bits per heavy atom. The van der Waals surface area contributed by atoms with Crippen LogP contribution in [0.3, 0.4) is 0 Å². The number of hydrogen-bond donors (Lipinski definition) is 1. The highest BCUT2D eigenvalue weighted by atomic mass is 16.2. The van der Waals surface area contributed by atoms with Crippen molar-refractivity contribution in [1.29, 1.82) is 0 Å². The maximum Gasteiger partial charge on any atom is 0.243 e. The molecule has 2 fully saturated rings. The second-order valence-electron chi connectivity index (χ2n) is 6.23. The summed E-state index contributed by atoms with van der Waals surface area (Å²) < 4.78 is 0. The van der Waals surface area contributed by atoms with Crippen molar-refractivity contribution in [2.75, 3.05) is 6.54 Å². The van der Waals surface area contributed by atoms with Crippen molar-refractivity contribution < 1.29 is 9.59 Å². The Hall–Kier alpha value is -1.06. The van der Waals surface area contributed by atoms with E-state index in [1.54, 1.807) is 0 Å². The fourth-order valence-corrected chi connectivity index (χ4v) is 3.69. The molecule has 0 spiro atoms. The predicted octanol–water partition coefficient (Wildman–Crippen LogP) is 1.94. The Morgan fingerprint density at radius 2 is 1.95 bits per heavy atom. The van der Waals surface area contributed by atoms with Crippen molar-refractivity contribution >= 4 is 11.8 Å². The molecule has 3 unspecified atom stereocenters. The topological polar surface area (TPSA) is 49.4 Å². The molecule has 0 bridgehead atoms. The number of piperazine rings is 1. The highest BCUT2D eigenvalue weighted by Crippen LogP contribution is 2.33. The fraction of sp³-hybridized carbons (Fsp3) is 0.867. The number of hydrogen-bond acceptors (Lipinski definition) is 2. The van der Waals surface area contributed by atoms with E-state index in [1.165, 1.54) is 19.3 Å². The maximum atomic E-state index is 12.3. The number of amides is 2. The van der Waals surface area contributed by atoms with E-state index in [2.05, 4.69) is 12.2 Å². The standard InChI is InChI=1S/C15H26N2O2/c1-4-11-7-5-6-8-12(11)17-13(18)9-16-15(19)14(17)10(2)3/h10-12,14H,4-9H2,1-3H3,(H,16,19). The van der Waals surface area contributed by atoms with E-state index in [1.807, 2.05) is 18.7 Å². The first kappa shape index (κ1) is 14.4. The van der Waals surface area contributed by atoms with E-state index < -0.39 is 0 Å². The molecule has 0 radical (unpaired) electrons. The van der Waals surface area contributed by atoms with Gasteiger partial charge in [0.1, 0.15) is 6.04 Å². The third-order valence-electron chi connectivity index (χ3n) is 4.65. The number of rotatable bonds is 3. The summed E-state index contributed by atoms with van der Waals surface area (Å²) in [7, 11) is 0. The summed E-state index contributed by atoms with van der Waals surface area (Å²) in [6, 6.07) is -0.0110. The lowest BCUT2D eigenvalue weighted by molar-refractivity contribution is -0.152. The van der Waals surface area contributed by atoms with Gasteiger partial charge in [-0.1, -0.05) is 40.0 Å². The van der Waals surface area contributed by atoms with Crippen molar-refractivity contribution in [3.8, 4) is 0 Å². The smallest absolute Gasteiger partial charge is 0.243 e. The molecule has 1 N–H and O–H groups in total. The molecule has 1 aliphatic carbocycles. The van der Waals surface area contributed by atoms with E-state index >= 15 is 0 Å². The van der Waals surface area contributed by atoms with Crippen LogP contribution in [0.15, 0.2) is 0 Å². The molecule has 3 atom stereocenters. The average Bonchev–Trinajstić information content (AvgIpc) is 2.40. The van der Waals surface area contributed by atoms with Crippen molar-refractivity contribution in [1.82, 2.24) is 10.2 Å². The van der Waals surface area contributed by atoms with Crippen molar-refractivity contribution in [2.45, 2.75) is 65.0 Å². The van der Waals surface area contributed by atoms with E-state index in [-0.39, 0.29) is 36.4 Å². The first-order valence-electron chi connectivity index (χ1n) is 7.65. The lowest BCUT2D eigenvalue weighted by Gasteiger charge is -2.46. The highest BCUT2D eigenvalue weighted by Gasteiger charge is 2.42. The van der Waals surface area contributed by atoms with Crippen LogP contribution >= 0.6 is 0 Å². The van der Waals surface area contributed by atoms with Gasteiger partial charge in [-0.05, 0) is 24.7 Å². The molecular weight excluding hydrogens is 240 g/mol. The van der Waals surface area contributed by atoms with Gasteiger partial charge in [0.25, 0.3) is 0 Å². The van der Waals surface area contributed by atoms with Gasteiger partial charge in [0, 0.05) is 6.04 Å². The Morgan fingerprint density at radius 1 is 1.26 bits per heavy atom. The van der Waals surface area contributed by atoms with E-state index in [4.69, 9.17) is 0 Å². The summed E-state index contributed by atoms with van der Waals surface area (Å²) in [5, 5.41) is 2.73. The van der Waals surface area contributed by atoms with E-state index in [0.29, 0.717) is 5.92 Å². The number of carbonyl (C=O) groups is 2. The summed E-state index contributed by atoms with van der Waals surface area (Å²) >= 11 is 0. The second kappa shape index (κ2) is 5.93. The Bertz CT molecular complexity index is 354. The average molecular weight is 266 g/mol. The van der Waals surface area contributed by atoms with Crippen LogP contribution in [-0.2, 0) is 9.59 Å². The number of nitrogens with zero attached hydrogens (tertiary/aromatic N) is 1. The minimum Gasteiger partial charge on any atom is -0.345 e. The quantitative estimate of drug-likeness (QED) is 0.848. The van der Waals surface area contributed by atoms with Crippen LogP contribution in [0.25, 0.3) is 0 Å². The maximum absolute atomic E-state index is 12.3. The lowest BCUT2D eigenvalue weighted by atomic mass is 9.80. The molecule has 1 aliphatic heterocycles. The molecule has 4 heteroatoms. The first-order chi connectivity index (χ1) is 9.06. The lowest BCUT2D eigenvalue weighted by Crippen LogP contribution is -2.64. The van der Waals surface area contributed by atoms with Crippen molar-refractivity contribution in [3.05, 3.63) is 0 Å². The van der Waals surface area contributed by atoms with Crippen LogP contribution in [0.2, 0.25) is 0 Å². The van der Waals surface area contributed by atoms with Gasteiger partial charge in [-0.2, -0.15) is 0 Å². The van der Waals surface area contributed by atoms with Crippen molar-refractivity contribution in [2.24, 2.45) is 11.8 Å². The van der Waals surface area contributed by atoms with E-state index in [0.717, 1.165) is 12.8 Å². The van der Waals surface area contributed by atoms with E-state index in [9.17, 15) is 9.59 Å². The second-order valence-corrected chi connectivity index (χ2v) is 6.23. The first-order valence-corrected chi connectivity index (χ1v) is 7.65. The zero-order valence-electron chi connectivity index (χ0n) is 12.3. The minimum absolute atomic E-state index is 0.0232. The van der Waals surface area contributed by atoms with Gasteiger partial charge in [-0.15, -0.1) is 0 Å². The third-order valence-corrected chi connectivity index (χ3v) is 4.65. The Balaban J connectivity index is 2.25.